The van der Waals surface area contributed by atoms with Gasteiger partial charge in [-0.1, -0.05) is 68.0 Å². The molecule has 0 aromatic heterocycles. The van der Waals surface area contributed by atoms with Crippen molar-refractivity contribution in [3.63, 3.8) is 0 Å². The zero-order valence-electron chi connectivity index (χ0n) is 31.1. The number of hydrogen-bond acceptors (Lipinski definition) is 8. The van der Waals surface area contributed by atoms with Crippen LogP contribution in [0.25, 0.3) is 5.57 Å². The van der Waals surface area contributed by atoms with E-state index in [0.717, 1.165) is 42.4 Å². The van der Waals surface area contributed by atoms with E-state index in [1.807, 2.05) is 68.6 Å². The SMILES string of the molecule is C/C=C\N/C(=C/CC)C(=N)/C(=C\C(N)=NC=C1CCC1)Nc1cccc(C(/C=C/CC)=C/C=C(\C)C(=O)N(C)C/C(C=NC)=C(\C)N)c1OC. The number of anilines is 1. The third-order valence-electron chi connectivity index (χ3n) is 7.77. The normalized spacial score (nSPS) is 15.4. The monoisotopic (exact) mass is 680 g/mol. The maximum atomic E-state index is 13.3. The highest BCUT2D eigenvalue weighted by Crippen LogP contribution is 2.35. The number of benzene rings is 1. The van der Waals surface area contributed by atoms with Crippen LogP contribution in [0, 0.1) is 5.41 Å². The molecule has 10 nitrogen and oxygen atoms in total. The van der Waals surface area contributed by atoms with Gasteiger partial charge in [-0.15, -0.1) is 0 Å². The van der Waals surface area contributed by atoms with Crippen LogP contribution in [0.4, 0.5) is 5.69 Å². The van der Waals surface area contributed by atoms with Crippen molar-refractivity contribution in [2.24, 2.45) is 21.5 Å². The van der Waals surface area contributed by atoms with E-state index in [0.29, 0.717) is 40.6 Å². The fourth-order valence-corrected chi connectivity index (χ4v) is 4.83. The van der Waals surface area contributed by atoms with Crippen LogP contribution in [0.1, 0.15) is 72.3 Å². The van der Waals surface area contributed by atoms with Crippen LogP contribution in [0.3, 0.4) is 0 Å². The van der Waals surface area contributed by atoms with Gasteiger partial charge in [0.05, 0.1) is 24.2 Å². The maximum Gasteiger partial charge on any atom is 0.249 e. The summed E-state index contributed by atoms with van der Waals surface area (Å²) in [4.78, 5) is 23.4. The summed E-state index contributed by atoms with van der Waals surface area (Å²) in [5.41, 5.74) is 19.2. The van der Waals surface area contributed by atoms with Gasteiger partial charge < -0.3 is 31.7 Å². The first-order valence-electron chi connectivity index (χ1n) is 17.0. The van der Waals surface area contributed by atoms with Gasteiger partial charge in [-0.2, -0.15) is 0 Å². The largest absolute Gasteiger partial charge is 0.494 e. The number of nitrogens with zero attached hydrogens (tertiary/aromatic N) is 3. The molecule has 1 aliphatic carbocycles. The number of carbonyl (C=O) groups is 1. The Morgan fingerprint density at radius 2 is 1.86 bits per heavy atom. The van der Waals surface area contributed by atoms with Crippen molar-refractivity contribution in [1.82, 2.24) is 10.2 Å². The van der Waals surface area contributed by atoms with Crippen LogP contribution >= 0.6 is 0 Å². The number of nitrogens with one attached hydrogen (secondary N) is 3. The molecule has 0 bridgehead atoms. The molecule has 0 heterocycles. The van der Waals surface area contributed by atoms with E-state index in [1.165, 1.54) is 12.0 Å². The summed E-state index contributed by atoms with van der Waals surface area (Å²) in [5.74, 6) is 0.713. The maximum absolute atomic E-state index is 13.3. The molecule has 1 aromatic carbocycles. The predicted molar refractivity (Wildman–Crippen MR) is 212 cm³/mol. The van der Waals surface area contributed by atoms with Gasteiger partial charge in [-0.25, -0.2) is 4.99 Å². The molecule has 1 amide bonds. The molecule has 0 saturated heterocycles. The van der Waals surface area contributed by atoms with Crippen LogP contribution in [0.15, 0.2) is 117 Å². The van der Waals surface area contributed by atoms with E-state index in [-0.39, 0.29) is 17.5 Å². The van der Waals surface area contributed by atoms with Gasteiger partial charge in [0, 0.05) is 61.5 Å². The number of ether oxygens (including phenoxy) is 1. The second-order valence-corrected chi connectivity index (χ2v) is 11.8. The van der Waals surface area contributed by atoms with E-state index in [4.69, 9.17) is 16.2 Å². The van der Waals surface area contributed by atoms with Gasteiger partial charge in [-0.3, -0.25) is 15.2 Å². The second-order valence-electron chi connectivity index (χ2n) is 11.8. The smallest absolute Gasteiger partial charge is 0.249 e. The number of nitrogens with two attached hydrogens (primary N) is 2. The van der Waals surface area contributed by atoms with E-state index in [2.05, 4.69) is 33.6 Å². The van der Waals surface area contributed by atoms with E-state index in [9.17, 15) is 10.2 Å². The summed E-state index contributed by atoms with van der Waals surface area (Å²) >= 11 is 0. The molecular formula is C40H56N8O2. The predicted octanol–water partition coefficient (Wildman–Crippen LogP) is 7.54. The summed E-state index contributed by atoms with van der Waals surface area (Å²) in [7, 11) is 5.03. The van der Waals surface area contributed by atoms with Gasteiger partial charge in [-0.05, 0) is 70.7 Å². The lowest BCUT2D eigenvalue weighted by molar-refractivity contribution is -0.125. The number of methoxy groups -OCH3 is 1. The molecule has 2 rings (SSSR count). The number of rotatable bonds is 18. The first-order valence-corrected chi connectivity index (χ1v) is 17.0. The minimum atomic E-state index is -0.131. The Balaban J connectivity index is 2.62. The lowest BCUT2D eigenvalue weighted by atomic mass is 9.94. The minimum absolute atomic E-state index is 0.131. The van der Waals surface area contributed by atoms with Gasteiger partial charge in [0.2, 0.25) is 5.91 Å². The summed E-state index contributed by atoms with van der Waals surface area (Å²) in [6, 6.07) is 5.77. The van der Waals surface area contributed by atoms with Crippen molar-refractivity contribution in [3.05, 3.63) is 113 Å². The van der Waals surface area contributed by atoms with Crippen molar-refractivity contribution in [2.45, 2.75) is 66.7 Å². The van der Waals surface area contributed by atoms with Gasteiger partial charge in [0.25, 0.3) is 0 Å². The van der Waals surface area contributed by atoms with Gasteiger partial charge in [0.1, 0.15) is 17.3 Å². The molecule has 50 heavy (non-hydrogen) atoms. The number of para-hydroxylation sites is 1. The van der Waals surface area contributed by atoms with Crippen molar-refractivity contribution in [3.8, 4) is 5.75 Å². The number of amidine groups is 1. The lowest BCUT2D eigenvalue weighted by Gasteiger charge is -2.20. The van der Waals surface area contributed by atoms with Crippen molar-refractivity contribution >= 4 is 34.9 Å². The first-order chi connectivity index (χ1) is 24.0. The molecule has 10 heteroatoms. The van der Waals surface area contributed by atoms with Crippen LogP contribution in [0.2, 0.25) is 0 Å². The van der Waals surface area contributed by atoms with Crippen molar-refractivity contribution in [1.29, 1.82) is 5.41 Å². The molecule has 0 aliphatic heterocycles. The molecule has 1 aromatic rings. The topological polar surface area (TPSA) is 154 Å². The Hall–Kier alpha value is -5.38. The van der Waals surface area contributed by atoms with Crippen LogP contribution in [-0.4, -0.2) is 56.3 Å². The summed E-state index contributed by atoms with van der Waals surface area (Å²) < 4.78 is 6.01. The number of hydrogen-bond donors (Lipinski definition) is 5. The molecule has 1 aliphatic rings. The Morgan fingerprint density at radius 3 is 2.44 bits per heavy atom. The Kier molecular flexibility index (Phi) is 17.6. The Bertz CT molecular complexity index is 1660. The molecule has 0 atom stereocenters. The highest BCUT2D eigenvalue weighted by molar-refractivity contribution is 6.15. The highest BCUT2D eigenvalue weighted by Gasteiger charge is 2.18. The highest BCUT2D eigenvalue weighted by atomic mass is 16.5. The molecule has 0 radical (unpaired) electrons. The molecule has 1 fully saturated rings. The average molecular weight is 681 g/mol. The molecule has 7 N–H and O–H groups in total. The third kappa shape index (κ3) is 12.6. The summed E-state index contributed by atoms with van der Waals surface area (Å²) in [5, 5.41) is 15.8. The molecule has 0 spiro atoms. The fraction of sp³-hybridized carbons (Fsp3) is 0.350. The number of aliphatic imine (C=N–C) groups is 2. The second kappa shape index (κ2) is 21.6. The Labute approximate surface area is 299 Å². The number of likely N-dealkylation sites (N-methyl/N-ethyl adjacent to an activating group) is 1. The minimum Gasteiger partial charge on any atom is -0.494 e. The molecule has 1 saturated carbocycles. The van der Waals surface area contributed by atoms with Crippen molar-refractivity contribution < 1.29 is 9.53 Å². The number of amides is 1. The zero-order valence-corrected chi connectivity index (χ0v) is 31.1. The van der Waals surface area contributed by atoms with E-state index < -0.39 is 0 Å². The van der Waals surface area contributed by atoms with E-state index in [1.54, 1.807) is 58.4 Å². The number of allylic oxidation sites excluding steroid dienone is 9. The summed E-state index contributed by atoms with van der Waals surface area (Å²) in [6.07, 6.45) is 23.3. The van der Waals surface area contributed by atoms with Crippen LogP contribution in [0.5, 0.6) is 5.75 Å². The zero-order chi connectivity index (χ0) is 37.1. The number of carbonyl (C=O) groups excluding carboxylic acids is 1. The third-order valence-corrected chi connectivity index (χ3v) is 7.77. The standard InChI is InChI=1S/C40H56N8O2/c1-9-12-18-31(22-21-28(4)40(49)48(7)27-32(26-44-6)29(5)41)33-19-14-20-35(39(33)50-8)47-36(24-37(42)46-25-30-16-13-17-30)38(43)34(15-10-2)45-23-11-3/h11-12,14-15,18-26,43,45,47H,9-10,13,16-17,27,41H2,1-8H3,(H2,42,46)/b18-12+,23-11-,28-21+,31-22+,32-29+,34-15+,36-24+,43-38?,44-26?. The van der Waals surface area contributed by atoms with Gasteiger partial charge >= 0.3 is 0 Å². The molecule has 268 valence electrons. The first kappa shape index (κ1) is 40.8. The molecular weight excluding hydrogens is 624 g/mol. The van der Waals surface area contributed by atoms with Crippen LogP contribution in [-0.2, 0) is 4.79 Å². The summed E-state index contributed by atoms with van der Waals surface area (Å²) in [6.45, 7) is 9.91. The molecule has 0 unspecified atom stereocenters. The lowest BCUT2D eigenvalue weighted by Crippen LogP contribution is -2.30. The van der Waals surface area contributed by atoms with Gasteiger partial charge in [0.15, 0.2) is 0 Å². The average Bonchev–Trinajstić information content (AvgIpc) is 3.07. The van der Waals surface area contributed by atoms with Crippen LogP contribution < -0.4 is 26.8 Å². The van der Waals surface area contributed by atoms with Crippen molar-refractivity contribution in [2.75, 3.05) is 33.1 Å². The quantitative estimate of drug-likeness (QED) is 0.0467. The fourth-order valence-electron chi connectivity index (χ4n) is 4.83. The van der Waals surface area contributed by atoms with E-state index >= 15 is 0 Å². The Morgan fingerprint density at radius 1 is 1.12 bits per heavy atom.